The van der Waals surface area contributed by atoms with E-state index in [4.69, 9.17) is 13.9 Å². The van der Waals surface area contributed by atoms with E-state index < -0.39 is 29.5 Å². The SMILES string of the molecule is CCOC(=O)c1cccc(N2C(=O)C(O)=C(C(=O)c3cc4cccc(OC)c4o3)C2c2ccc(O)cc2)c1. The Morgan fingerprint density at radius 1 is 1.00 bits per heavy atom. The number of methoxy groups -OCH3 is 1. The molecule has 0 spiro atoms. The van der Waals surface area contributed by atoms with Crippen LogP contribution in [-0.2, 0) is 9.53 Å². The molecule has 1 amide bonds. The molecule has 1 unspecified atom stereocenters. The highest BCUT2D eigenvalue weighted by molar-refractivity contribution is 6.21. The second-order valence-corrected chi connectivity index (χ2v) is 8.52. The number of anilines is 1. The van der Waals surface area contributed by atoms with Crippen molar-refractivity contribution >= 4 is 34.3 Å². The summed E-state index contributed by atoms with van der Waals surface area (Å²) >= 11 is 0. The van der Waals surface area contributed by atoms with Crippen molar-refractivity contribution in [3.8, 4) is 11.5 Å². The Balaban J connectivity index is 1.64. The number of carbonyl (C=O) groups is 3. The number of furan rings is 1. The van der Waals surface area contributed by atoms with E-state index in [1.807, 2.05) is 0 Å². The molecule has 38 heavy (non-hydrogen) atoms. The molecular weight excluding hydrogens is 490 g/mol. The van der Waals surface area contributed by atoms with Crippen molar-refractivity contribution in [2.24, 2.45) is 0 Å². The van der Waals surface area contributed by atoms with Gasteiger partial charge in [0.05, 0.1) is 30.9 Å². The second-order valence-electron chi connectivity index (χ2n) is 8.52. The van der Waals surface area contributed by atoms with Gasteiger partial charge in [-0.1, -0.05) is 30.3 Å². The quantitative estimate of drug-likeness (QED) is 0.258. The molecule has 2 heterocycles. The first-order valence-corrected chi connectivity index (χ1v) is 11.8. The molecule has 4 aromatic rings. The molecule has 0 saturated heterocycles. The van der Waals surface area contributed by atoms with E-state index >= 15 is 0 Å². The van der Waals surface area contributed by atoms with Crippen LogP contribution in [0.5, 0.6) is 11.5 Å². The molecule has 2 N–H and O–H groups in total. The van der Waals surface area contributed by atoms with Gasteiger partial charge in [-0.05, 0) is 55.0 Å². The van der Waals surface area contributed by atoms with Gasteiger partial charge in [0.1, 0.15) is 5.75 Å². The van der Waals surface area contributed by atoms with Crippen LogP contribution in [0, 0.1) is 0 Å². The first-order valence-electron chi connectivity index (χ1n) is 11.8. The van der Waals surface area contributed by atoms with Crippen molar-refractivity contribution in [1.29, 1.82) is 0 Å². The van der Waals surface area contributed by atoms with E-state index in [2.05, 4.69) is 0 Å². The fraction of sp³-hybridized carbons (Fsp3) is 0.138. The predicted octanol–water partition coefficient (Wildman–Crippen LogP) is 5.11. The third kappa shape index (κ3) is 4.13. The molecule has 0 radical (unpaired) electrons. The summed E-state index contributed by atoms with van der Waals surface area (Å²) in [7, 11) is 1.48. The Bertz CT molecular complexity index is 1600. The zero-order valence-corrected chi connectivity index (χ0v) is 20.5. The van der Waals surface area contributed by atoms with Gasteiger partial charge in [0.25, 0.3) is 5.91 Å². The molecule has 1 aliphatic rings. The van der Waals surface area contributed by atoms with Gasteiger partial charge in [-0.25, -0.2) is 4.79 Å². The molecule has 9 nitrogen and oxygen atoms in total. The monoisotopic (exact) mass is 513 g/mol. The highest BCUT2D eigenvalue weighted by atomic mass is 16.5. The van der Waals surface area contributed by atoms with Crippen LogP contribution in [0.15, 0.2) is 88.5 Å². The number of para-hydroxylation sites is 1. The van der Waals surface area contributed by atoms with Gasteiger partial charge in [-0.15, -0.1) is 0 Å². The Morgan fingerprint density at radius 3 is 2.45 bits per heavy atom. The molecule has 0 aliphatic carbocycles. The topological polar surface area (TPSA) is 127 Å². The lowest BCUT2D eigenvalue weighted by Crippen LogP contribution is -2.31. The van der Waals surface area contributed by atoms with E-state index in [0.717, 1.165) is 0 Å². The molecule has 1 atom stereocenters. The molecule has 0 fully saturated rings. The van der Waals surface area contributed by atoms with Gasteiger partial charge in [0.2, 0.25) is 5.78 Å². The minimum absolute atomic E-state index is 0.0145. The Labute approximate surface area is 217 Å². The van der Waals surface area contributed by atoms with E-state index in [9.17, 15) is 24.6 Å². The van der Waals surface area contributed by atoms with Crippen molar-refractivity contribution in [2.45, 2.75) is 13.0 Å². The highest BCUT2D eigenvalue weighted by Gasteiger charge is 2.45. The maximum Gasteiger partial charge on any atom is 0.338 e. The Kier molecular flexibility index (Phi) is 6.34. The fourth-order valence-corrected chi connectivity index (χ4v) is 4.51. The number of fused-ring (bicyclic) bond motifs is 1. The zero-order chi connectivity index (χ0) is 27.0. The van der Waals surface area contributed by atoms with Crippen molar-refractivity contribution in [1.82, 2.24) is 0 Å². The minimum Gasteiger partial charge on any atom is -0.508 e. The van der Waals surface area contributed by atoms with Crippen LogP contribution in [0.2, 0.25) is 0 Å². The number of ketones is 1. The van der Waals surface area contributed by atoms with E-state index in [1.54, 1.807) is 55.5 Å². The number of rotatable bonds is 7. The number of aliphatic hydroxyl groups excluding tert-OH is 1. The molecule has 9 heteroatoms. The molecule has 1 aromatic heterocycles. The minimum atomic E-state index is -1.08. The van der Waals surface area contributed by atoms with Crippen LogP contribution >= 0.6 is 0 Å². The highest BCUT2D eigenvalue weighted by Crippen LogP contribution is 2.43. The first-order chi connectivity index (χ1) is 18.3. The number of amides is 1. The molecular formula is C29H23NO8. The van der Waals surface area contributed by atoms with Crippen LogP contribution in [0.3, 0.4) is 0 Å². The average Bonchev–Trinajstić information content (AvgIpc) is 3.48. The number of esters is 1. The molecule has 3 aromatic carbocycles. The lowest BCUT2D eigenvalue weighted by Gasteiger charge is -2.27. The number of hydrogen-bond acceptors (Lipinski definition) is 8. The lowest BCUT2D eigenvalue weighted by atomic mass is 9.94. The molecule has 0 bridgehead atoms. The number of carbonyl (C=O) groups excluding carboxylic acids is 3. The number of hydrogen-bond donors (Lipinski definition) is 2. The smallest absolute Gasteiger partial charge is 0.338 e. The maximum absolute atomic E-state index is 13.8. The number of Topliss-reactive ketones (excluding diaryl/α,β-unsaturated/α-hetero) is 1. The van der Waals surface area contributed by atoms with Gasteiger partial charge in [0, 0.05) is 11.1 Å². The fourth-order valence-electron chi connectivity index (χ4n) is 4.51. The average molecular weight is 514 g/mol. The molecule has 0 saturated carbocycles. The number of phenolic OH excluding ortho intramolecular Hbond substituents is 1. The largest absolute Gasteiger partial charge is 0.508 e. The summed E-state index contributed by atoms with van der Waals surface area (Å²) in [6, 6.07) is 17.7. The van der Waals surface area contributed by atoms with E-state index in [-0.39, 0.29) is 34.9 Å². The summed E-state index contributed by atoms with van der Waals surface area (Å²) in [6.45, 7) is 1.85. The Morgan fingerprint density at radius 2 is 1.74 bits per heavy atom. The third-order valence-corrected chi connectivity index (χ3v) is 6.25. The number of nitrogens with zero attached hydrogens (tertiary/aromatic N) is 1. The third-order valence-electron chi connectivity index (χ3n) is 6.25. The summed E-state index contributed by atoms with van der Waals surface area (Å²) in [5.74, 6) is -2.54. The number of aromatic hydroxyl groups is 1. The van der Waals surface area contributed by atoms with Gasteiger partial charge in [0.15, 0.2) is 22.9 Å². The van der Waals surface area contributed by atoms with Crippen LogP contribution in [0.1, 0.15) is 39.4 Å². The Hall–Kier alpha value is -5.05. The first kappa shape index (κ1) is 24.6. The van der Waals surface area contributed by atoms with Crippen LogP contribution in [0.25, 0.3) is 11.0 Å². The van der Waals surface area contributed by atoms with Crippen molar-refractivity contribution < 1.29 is 38.5 Å². The summed E-state index contributed by atoms with van der Waals surface area (Å²) in [5, 5.41) is 21.4. The van der Waals surface area contributed by atoms with Gasteiger partial charge in [-0.2, -0.15) is 0 Å². The van der Waals surface area contributed by atoms with Gasteiger partial charge >= 0.3 is 5.97 Å². The molecule has 1 aliphatic heterocycles. The van der Waals surface area contributed by atoms with E-state index in [0.29, 0.717) is 22.3 Å². The molecule has 5 rings (SSSR count). The maximum atomic E-state index is 13.8. The van der Waals surface area contributed by atoms with Gasteiger partial charge < -0.3 is 24.1 Å². The van der Waals surface area contributed by atoms with E-state index in [1.165, 1.54) is 36.3 Å². The number of ether oxygens (including phenoxy) is 2. The standard InChI is InChI=1S/C29H23NO8/c1-3-37-29(35)18-7-4-8-19(14-18)30-24(16-10-12-20(31)13-11-16)23(26(33)28(30)34)25(32)22-15-17-6-5-9-21(36-2)27(17)38-22/h4-15,24,31,33H,3H2,1-2H3. The number of phenols is 1. The van der Waals surface area contributed by atoms with Crippen LogP contribution < -0.4 is 9.64 Å². The summed E-state index contributed by atoms with van der Waals surface area (Å²) < 4.78 is 16.2. The molecule has 192 valence electrons. The number of benzene rings is 3. The lowest BCUT2D eigenvalue weighted by molar-refractivity contribution is -0.117. The number of aliphatic hydroxyl groups is 1. The van der Waals surface area contributed by atoms with Crippen molar-refractivity contribution in [2.75, 3.05) is 18.6 Å². The normalized spacial score (nSPS) is 15.3. The van der Waals surface area contributed by atoms with Gasteiger partial charge in [-0.3, -0.25) is 14.5 Å². The summed E-state index contributed by atoms with van der Waals surface area (Å²) in [5.41, 5.74) is 1.05. The predicted molar refractivity (Wildman–Crippen MR) is 137 cm³/mol. The van der Waals surface area contributed by atoms with Crippen LogP contribution in [0.4, 0.5) is 5.69 Å². The van der Waals surface area contributed by atoms with Crippen LogP contribution in [-0.4, -0.2) is 41.6 Å². The summed E-state index contributed by atoms with van der Waals surface area (Å²) in [6.07, 6.45) is 0. The summed E-state index contributed by atoms with van der Waals surface area (Å²) in [4.78, 5) is 40.8. The van der Waals surface area contributed by atoms with Crippen molar-refractivity contribution in [3.63, 3.8) is 0 Å². The second kappa shape index (κ2) is 9.78. The van der Waals surface area contributed by atoms with Crippen molar-refractivity contribution in [3.05, 3.63) is 101 Å². The zero-order valence-electron chi connectivity index (χ0n) is 20.5.